The minimum atomic E-state index is -0.494. The maximum Gasteiger partial charge on any atom is 0.273 e. The molecule has 7 heteroatoms. The monoisotopic (exact) mass is 414 g/mol. The van der Waals surface area contributed by atoms with E-state index in [9.17, 15) is 9.90 Å². The maximum absolute atomic E-state index is 11.6. The van der Waals surface area contributed by atoms with Crippen LogP contribution in [0.25, 0.3) is 10.3 Å². The number of hydrogen-bond donors (Lipinski definition) is 1. The van der Waals surface area contributed by atoms with Gasteiger partial charge in [0.1, 0.15) is 16.4 Å². The Morgan fingerprint density at radius 3 is 2.75 bits per heavy atom. The van der Waals surface area contributed by atoms with E-state index in [0.717, 1.165) is 5.01 Å². The predicted octanol–water partition coefficient (Wildman–Crippen LogP) is 0.878. The summed E-state index contributed by atoms with van der Waals surface area (Å²) in [4.78, 5) is 16.3. The quantitative estimate of drug-likeness (QED) is 0.696. The van der Waals surface area contributed by atoms with Gasteiger partial charge in [-0.15, -0.1) is 11.3 Å². The van der Waals surface area contributed by atoms with Crippen molar-refractivity contribution < 1.29 is 25.2 Å². The van der Waals surface area contributed by atoms with Crippen LogP contribution < -0.4 is 5.56 Å². The standard InChI is InChI=1S/C9H7N3O2S.Ir/c1-4-11-6-7(13)5(3-10)8(14)12(2)9(6)15-4;/h13H,1-2H3;. The van der Waals surface area contributed by atoms with E-state index in [1.165, 1.54) is 15.9 Å². The molecular formula is C9H7IrN3O2S. The molecule has 0 aliphatic heterocycles. The van der Waals surface area contributed by atoms with Crippen LogP contribution in [-0.4, -0.2) is 14.7 Å². The number of aromatic nitrogens is 2. The second-order valence-electron chi connectivity index (χ2n) is 3.09. The molecule has 1 radical (unpaired) electrons. The van der Waals surface area contributed by atoms with Gasteiger partial charge in [-0.3, -0.25) is 4.79 Å². The van der Waals surface area contributed by atoms with Gasteiger partial charge >= 0.3 is 0 Å². The number of fused-ring (bicyclic) bond motifs is 1. The van der Waals surface area contributed by atoms with Gasteiger partial charge in [-0.25, -0.2) is 4.98 Å². The summed E-state index contributed by atoms with van der Waals surface area (Å²) in [7, 11) is 1.56. The first-order chi connectivity index (χ1) is 7.06. The fourth-order valence-electron chi connectivity index (χ4n) is 1.38. The number of thiazole rings is 1. The van der Waals surface area contributed by atoms with E-state index in [1.807, 2.05) is 0 Å². The van der Waals surface area contributed by atoms with Crippen molar-refractivity contribution in [3.8, 4) is 11.8 Å². The Labute approximate surface area is 108 Å². The molecule has 0 aliphatic carbocycles. The van der Waals surface area contributed by atoms with Gasteiger partial charge in [0.05, 0.1) is 5.01 Å². The van der Waals surface area contributed by atoms with Crippen molar-refractivity contribution in [3.63, 3.8) is 0 Å². The third kappa shape index (κ3) is 1.65. The van der Waals surface area contributed by atoms with Gasteiger partial charge in [0.15, 0.2) is 11.3 Å². The third-order valence-corrected chi connectivity index (χ3v) is 3.16. The molecule has 0 atom stereocenters. The zero-order valence-electron chi connectivity index (χ0n) is 8.44. The molecule has 0 bridgehead atoms. The Morgan fingerprint density at radius 2 is 2.19 bits per heavy atom. The fraction of sp³-hybridized carbons (Fsp3) is 0.222. The Bertz CT molecular complexity index is 653. The van der Waals surface area contributed by atoms with Crippen molar-refractivity contribution in [1.29, 1.82) is 5.26 Å². The molecule has 0 spiro atoms. The van der Waals surface area contributed by atoms with E-state index in [1.54, 1.807) is 20.0 Å². The molecule has 2 aromatic rings. The Balaban J connectivity index is 0.00000128. The van der Waals surface area contributed by atoms with Crippen LogP contribution >= 0.6 is 11.3 Å². The second kappa shape index (κ2) is 4.34. The summed E-state index contributed by atoms with van der Waals surface area (Å²) in [5.74, 6) is -0.319. The number of nitrogens with zero attached hydrogens (tertiary/aromatic N) is 3. The molecule has 0 aliphatic rings. The number of pyridine rings is 1. The van der Waals surface area contributed by atoms with E-state index < -0.39 is 5.56 Å². The predicted molar refractivity (Wildman–Crippen MR) is 56.0 cm³/mol. The molecule has 0 unspecified atom stereocenters. The average Bonchev–Trinajstić information content (AvgIpc) is 2.58. The summed E-state index contributed by atoms with van der Waals surface area (Å²) < 4.78 is 1.33. The van der Waals surface area contributed by atoms with Crippen molar-refractivity contribution in [3.05, 3.63) is 20.9 Å². The van der Waals surface area contributed by atoms with Gasteiger partial charge in [-0.1, -0.05) is 0 Å². The molecule has 0 amide bonds. The van der Waals surface area contributed by atoms with Gasteiger partial charge in [-0.2, -0.15) is 5.26 Å². The average molecular weight is 413 g/mol. The Hall–Kier alpha value is -1.22. The number of hydrogen-bond acceptors (Lipinski definition) is 5. The summed E-state index contributed by atoms with van der Waals surface area (Å²) in [6, 6.07) is 1.69. The summed E-state index contributed by atoms with van der Waals surface area (Å²) in [6.45, 7) is 1.78. The van der Waals surface area contributed by atoms with E-state index in [-0.39, 0.29) is 31.4 Å². The molecule has 5 nitrogen and oxygen atoms in total. The summed E-state index contributed by atoms with van der Waals surface area (Å²) in [6.07, 6.45) is 0. The van der Waals surface area contributed by atoms with E-state index in [4.69, 9.17) is 5.26 Å². The molecule has 85 valence electrons. The first-order valence-electron chi connectivity index (χ1n) is 4.15. The smallest absolute Gasteiger partial charge is 0.273 e. The van der Waals surface area contributed by atoms with Gasteiger partial charge in [0.25, 0.3) is 5.56 Å². The summed E-state index contributed by atoms with van der Waals surface area (Å²) >= 11 is 1.31. The molecule has 0 saturated heterocycles. The SMILES string of the molecule is Cc1nc2c(O)c(C#N)c(=O)n(C)c2s1.[Ir]. The van der Waals surface area contributed by atoms with Crippen LogP contribution in [0.1, 0.15) is 10.6 Å². The molecule has 1 N–H and O–H groups in total. The van der Waals surface area contributed by atoms with E-state index in [2.05, 4.69) is 4.98 Å². The van der Waals surface area contributed by atoms with Crippen LogP contribution in [0.3, 0.4) is 0 Å². The molecule has 16 heavy (non-hydrogen) atoms. The van der Waals surface area contributed by atoms with E-state index in [0.29, 0.717) is 10.3 Å². The maximum atomic E-state index is 11.6. The first-order valence-corrected chi connectivity index (χ1v) is 4.97. The Morgan fingerprint density at radius 1 is 1.56 bits per heavy atom. The summed E-state index contributed by atoms with van der Waals surface area (Å²) in [5.41, 5.74) is -0.433. The fourth-order valence-corrected chi connectivity index (χ4v) is 2.25. The Kier molecular flexibility index (Phi) is 3.48. The van der Waals surface area contributed by atoms with Crippen molar-refractivity contribution >= 4 is 21.7 Å². The number of aryl methyl sites for hydroxylation is 2. The van der Waals surface area contributed by atoms with Crippen LogP contribution in [0.2, 0.25) is 0 Å². The van der Waals surface area contributed by atoms with Crippen molar-refractivity contribution in [1.82, 2.24) is 9.55 Å². The van der Waals surface area contributed by atoms with Gasteiger partial charge < -0.3 is 9.67 Å². The van der Waals surface area contributed by atoms with Crippen LogP contribution in [0.4, 0.5) is 0 Å². The topological polar surface area (TPSA) is 78.9 Å². The van der Waals surface area contributed by atoms with E-state index >= 15 is 0 Å². The third-order valence-electron chi connectivity index (χ3n) is 2.11. The van der Waals surface area contributed by atoms with Gasteiger partial charge in [-0.05, 0) is 6.92 Å². The normalized spacial score (nSPS) is 9.81. The second-order valence-corrected chi connectivity index (χ2v) is 4.27. The molecular weight excluding hydrogens is 406 g/mol. The van der Waals surface area contributed by atoms with Crippen molar-refractivity contribution in [2.75, 3.05) is 0 Å². The van der Waals surface area contributed by atoms with Crippen LogP contribution in [0.5, 0.6) is 5.75 Å². The number of aromatic hydroxyl groups is 1. The van der Waals surface area contributed by atoms with Crippen LogP contribution in [-0.2, 0) is 27.2 Å². The molecule has 2 rings (SSSR count). The number of nitriles is 1. The van der Waals surface area contributed by atoms with Crippen molar-refractivity contribution in [2.45, 2.75) is 6.92 Å². The minimum absolute atomic E-state index is 0. The van der Waals surface area contributed by atoms with Gasteiger partial charge in [0.2, 0.25) is 0 Å². The first kappa shape index (κ1) is 12.8. The number of rotatable bonds is 0. The molecule has 0 fully saturated rings. The van der Waals surface area contributed by atoms with Crippen molar-refractivity contribution in [2.24, 2.45) is 7.05 Å². The molecule has 0 saturated carbocycles. The molecule has 2 aromatic heterocycles. The largest absolute Gasteiger partial charge is 0.504 e. The summed E-state index contributed by atoms with van der Waals surface area (Å²) in [5, 5.41) is 19.2. The van der Waals surface area contributed by atoms with Crippen LogP contribution in [0.15, 0.2) is 4.79 Å². The zero-order valence-corrected chi connectivity index (χ0v) is 11.7. The van der Waals surface area contributed by atoms with Crippen LogP contribution in [0, 0.1) is 18.3 Å². The zero-order chi connectivity index (χ0) is 11.2. The molecule has 0 aromatic carbocycles. The van der Waals surface area contributed by atoms with Gasteiger partial charge in [0, 0.05) is 27.2 Å². The molecule has 2 heterocycles. The minimum Gasteiger partial charge on any atom is -0.504 e.